The molecule has 1 N–H and O–H groups in total. The maximum absolute atomic E-state index is 13.8. The van der Waals surface area contributed by atoms with Crippen LogP contribution in [0.15, 0.2) is 76.3 Å². The van der Waals surface area contributed by atoms with Crippen LogP contribution in [0, 0.1) is 6.92 Å². The van der Waals surface area contributed by atoms with E-state index in [1.54, 1.807) is 42.2 Å². The van der Waals surface area contributed by atoms with Gasteiger partial charge < -0.3 is 10.2 Å². The number of aryl methyl sites for hydroxylation is 1. The molecule has 0 saturated carbocycles. The number of carbonyl (C=O) groups excluding carboxylic acids is 2. The third kappa shape index (κ3) is 4.80. The van der Waals surface area contributed by atoms with Crippen LogP contribution in [-0.4, -0.2) is 43.9 Å². The average molecular weight is 498 g/mol. The topological polar surface area (TPSA) is 106 Å². The largest absolute Gasteiger partial charge is 0.350 e. The molecule has 1 saturated heterocycles. The van der Waals surface area contributed by atoms with E-state index < -0.39 is 23.7 Å². The molecular formula is C28H27N5O4. The number of benzene rings is 2. The average Bonchev–Trinajstić information content (AvgIpc) is 3.45. The highest BCUT2D eigenvalue weighted by atomic mass is 16.2. The molecule has 1 fully saturated rings. The molecule has 37 heavy (non-hydrogen) atoms. The standard InChI is InChI=1S/C28H27N5O4/c1-19-16-22(26(35)31-14-8-9-15-31)24-25(30-19)33(21-12-6-3-7-13-21)28(37)32(27(24)36)18-23(34)29-17-20-10-4-2-5-11-20/h2-7,10-13,16H,8-9,14-15,17-18H2,1H3,(H,29,34). The fraction of sp³-hybridized carbons (Fsp3) is 0.250. The van der Waals surface area contributed by atoms with E-state index in [1.165, 1.54) is 4.57 Å². The van der Waals surface area contributed by atoms with Gasteiger partial charge in [0.25, 0.3) is 11.5 Å². The second kappa shape index (κ2) is 10.2. The number of likely N-dealkylation sites (tertiary alicyclic amines) is 1. The number of amides is 2. The first-order chi connectivity index (χ1) is 17.9. The number of pyridine rings is 1. The van der Waals surface area contributed by atoms with Gasteiger partial charge in [0.05, 0.1) is 16.6 Å². The van der Waals surface area contributed by atoms with Crippen molar-refractivity contribution in [1.82, 2.24) is 24.3 Å². The van der Waals surface area contributed by atoms with Gasteiger partial charge in [0.15, 0.2) is 5.65 Å². The first-order valence-corrected chi connectivity index (χ1v) is 12.3. The van der Waals surface area contributed by atoms with Crippen molar-refractivity contribution in [3.8, 4) is 5.69 Å². The van der Waals surface area contributed by atoms with E-state index in [2.05, 4.69) is 10.3 Å². The Labute approximate surface area is 213 Å². The summed E-state index contributed by atoms with van der Waals surface area (Å²) in [5.74, 6) is -0.766. The van der Waals surface area contributed by atoms with Gasteiger partial charge in [0, 0.05) is 25.3 Å². The van der Waals surface area contributed by atoms with Crippen molar-refractivity contribution in [3.63, 3.8) is 0 Å². The molecule has 5 rings (SSSR count). The molecule has 1 aliphatic rings. The van der Waals surface area contributed by atoms with Crippen LogP contribution in [-0.2, 0) is 17.9 Å². The smallest absolute Gasteiger partial charge is 0.337 e. The molecule has 0 radical (unpaired) electrons. The summed E-state index contributed by atoms with van der Waals surface area (Å²) in [6, 6.07) is 19.7. The lowest BCUT2D eigenvalue weighted by atomic mass is 10.1. The van der Waals surface area contributed by atoms with Gasteiger partial charge in [-0.3, -0.25) is 14.4 Å². The fourth-order valence-electron chi connectivity index (χ4n) is 4.67. The Hall–Kier alpha value is -4.53. The van der Waals surface area contributed by atoms with E-state index >= 15 is 0 Å². The lowest BCUT2D eigenvalue weighted by Gasteiger charge is -2.19. The molecule has 2 aromatic heterocycles. The van der Waals surface area contributed by atoms with Crippen LogP contribution in [0.2, 0.25) is 0 Å². The molecule has 0 bridgehead atoms. The number of rotatable bonds is 6. The van der Waals surface area contributed by atoms with Crippen LogP contribution in [0.5, 0.6) is 0 Å². The Morgan fingerprint density at radius 1 is 0.946 bits per heavy atom. The summed E-state index contributed by atoms with van der Waals surface area (Å²) < 4.78 is 2.18. The van der Waals surface area contributed by atoms with Gasteiger partial charge in [-0.05, 0) is 43.5 Å². The number of carbonyl (C=O) groups is 2. The third-order valence-corrected chi connectivity index (χ3v) is 6.49. The molecule has 3 heterocycles. The normalized spacial score (nSPS) is 13.2. The molecule has 0 atom stereocenters. The Morgan fingerprint density at radius 2 is 1.59 bits per heavy atom. The minimum atomic E-state index is -0.711. The number of nitrogens with zero attached hydrogens (tertiary/aromatic N) is 4. The van der Waals surface area contributed by atoms with Crippen LogP contribution in [0.4, 0.5) is 0 Å². The Balaban J connectivity index is 1.66. The van der Waals surface area contributed by atoms with E-state index in [9.17, 15) is 19.2 Å². The maximum Gasteiger partial charge on any atom is 0.337 e. The third-order valence-electron chi connectivity index (χ3n) is 6.49. The molecule has 188 valence electrons. The van der Waals surface area contributed by atoms with Gasteiger partial charge >= 0.3 is 5.69 Å². The quantitative estimate of drug-likeness (QED) is 0.440. The summed E-state index contributed by atoms with van der Waals surface area (Å²) in [6.07, 6.45) is 1.79. The second-order valence-corrected chi connectivity index (χ2v) is 9.12. The maximum atomic E-state index is 13.8. The zero-order chi connectivity index (χ0) is 25.9. The summed E-state index contributed by atoms with van der Waals surface area (Å²) >= 11 is 0. The van der Waals surface area contributed by atoms with Gasteiger partial charge in [-0.2, -0.15) is 0 Å². The highest BCUT2D eigenvalue weighted by Gasteiger charge is 2.27. The predicted octanol–water partition coefficient (Wildman–Crippen LogP) is 2.41. The summed E-state index contributed by atoms with van der Waals surface area (Å²) in [5, 5.41) is 2.79. The van der Waals surface area contributed by atoms with Crippen molar-refractivity contribution in [2.24, 2.45) is 0 Å². The zero-order valence-corrected chi connectivity index (χ0v) is 20.5. The Bertz CT molecular complexity index is 1590. The first-order valence-electron chi connectivity index (χ1n) is 12.3. The summed E-state index contributed by atoms with van der Waals surface area (Å²) in [4.78, 5) is 60.0. The molecule has 2 amide bonds. The second-order valence-electron chi connectivity index (χ2n) is 9.12. The van der Waals surface area contributed by atoms with Crippen molar-refractivity contribution in [1.29, 1.82) is 0 Å². The van der Waals surface area contributed by atoms with Gasteiger partial charge in [-0.25, -0.2) is 18.9 Å². The molecule has 9 heteroatoms. The zero-order valence-electron chi connectivity index (χ0n) is 20.5. The molecule has 2 aromatic carbocycles. The highest BCUT2D eigenvalue weighted by Crippen LogP contribution is 2.21. The molecule has 0 spiro atoms. The molecular weight excluding hydrogens is 470 g/mol. The molecule has 0 unspecified atom stereocenters. The monoisotopic (exact) mass is 497 g/mol. The first kappa shape index (κ1) is 24.2. The number of para-hydroxylation sites is 1. The van der Waals surface area contributed by atoms with Crippen LogP contribution in [0.25, 0.3) is 16.7 Å². The number of hydrogen-bond acceptors (Lipinski definition) is 5. The predicted molar refractivity (Wildman–Crippen MR) is 140 cm³/mol. The van der Waals surface area contributed by atoms with E-state index in [4.69, 9.17) is 0 Å². The van der Waals surface area contributed by atoms with Crippen molar-refractivity contribution in [3.05, 3.63) is 104 Å². The van der Waals surface area contributed by atoms with Gasteiger partial charge in [-0.1, -0.05) is 48.5 Å². The lowest BCUT2D eigenvalue weighted by molar-refractivity contribution is -0.121. The van der Waals surface area contributed by atoms with Gasteiger partial charge in [0.2, 0.25) is 5.91 Å². The number of nitrogens with one attached hydrogen (secondary N) is 1. The number of aromatic nitrogens is 3. The van der Waals surface area contributed by atoms with Crippen LogP contribution >= 0.6 is 0 Å². The van der Waals surface area contributed by atoms with Crippen molar-refractivity contribution in [2.45, 2.75) is 32.9 Å². The van der Waals surface area contributed by atoms with E-state index in [0.717, 1.165) is 23.0 Å². The van der Waals surface area contributed by atoms with Crippen LogP contribution in [0.3, 0.4) is 0 Å². The van der Waals surface area contributed by atoms with Gasteiger partial charge in [0.1, 0.15) is 6.54 Å². The molecule has 0 aliphatic carbocycles. The molecule has 9 nitrogen and oxygen atoms in total. The van der Waals surface area contributed by atoms with Gasteiger partial charge in [-0.15, -0.1) is 0 Å². The van der Waals surface area contributed by atoms with Crippen molar-refractivity contribution < 1.29 is 9.59 Å². The van der Waals surface area contributed by atoms with Crippen molar-refractivity contribution >= 4 is 22.8 Å². The Morgan fingerprint density at radius 3 is 2.27 bits per heavy atom. The fourth-order valence-corrected chi connectivity index (χ4v) is 4.67. The van der Waals surface area contributed by atoms with E-state index in [0.29, 0.717) is 24.5 Å². The van der Waals surface area contributed by atoms with E-state index in [1.807, 2.05) is 36.4 Å². The summed E-state index contributed by atoms with van der Waals surface area (Å²) in [7, 11) is 0. The van der Waals surface area contributed by atoms with Crippen LogP contribution in [0.1, 0.15) is 34.5 Å². The molecule has 4 aromatic rings. The van der Waals surface area contributed by atoms with Crippen LogP contribution < -0.4 is 16.6 Å². The SMILES string of the molecule is Cc1cc(C(=O)N2CCCC2)c2c(=O)n(CC(=O)NCc3ccccc3)c(=O)n(-c3ccccc3)c2n1. The number of fused-ring (bicyclic) bond motifs is 1. The number of hydrogen-bond donors (Lipinski definition) is 1. The van der Waals surface area contributed by atoms with Crippen molar-refractivity contribution in [2.75, 3.05) is 13.1 Å². The minimum absolute atomic E-state index is 0.0295. The Kier molecular flexibility index (Phi) is 6.68. The highest BCUT2D eigenvalue weighted by molar-refractivity contribution is 6.05. The summed E-state index contributed by atoms with van der Waals surface area (Å²) in [5.41, 5.74) is 0.766. The minimum Gasteiger partial charge on any atom is -0.350 e. The lowest BCUT2D eigenvalue weighted by Crippen LogP contribution is -2.44. The molecule has 1 aliphatic heterocycles. The van der Waals surface area contributed by atoms with E-state index in [-0.39, 0.29) is 29.0 Å². The summed E-state index contributed by atoms with van der Waals surface area (Å²) in [6.45, 7) is 2.71.